The minimum atomic E-state index is -0.263. The summed E-state index contributed by atoms with van der Waals surface area (Å²) < 4.78 is 0. The number of carbonyl (C=O) groups excluding carboxylic acids is 2. The number of aryl methyl sites for hydroxylation is 1. The summed E-state index contributed by atoms with van der Waals surface area (Å²) in [6, 6.07) is 13.2. The molecule has 2 aromatic rings. The Morgan fingerprint density at radius 1 is 0.960 bits per heavy atom. The van der Waals surface area contributed by atoms with Gasteiger partial charge in [-0.25, -0.2) is 0 Å². The molecule has 0 N–H and O–H groups in total. The zero-order valence-corrected chi connectivity index (χ0v) is 14.7. The van der Waals surface area contributed by atoms with Gasteiger partial charge in [0.05, 0.1) is 11.6 Å². The van der Waals surface area contributed by atoms with Gasteiger partial charge in [0.15, 0.2) is 0 Å². The van der Waals surface area contributed by atoms with Gasteiger partial charge in [-0.3, -0.25) is 14.6 Å². The van der Waals surface area contributed by atoms with Crippen molar-refractivity contribution in [2.24, 2.45) is 0 Å². The molecule has 1 aromatic carbocycles. The van der Waals surface area contributed by atoms with E-state index in [0.29, 0.717) is 31.7 Å². The van der Waals surface area contributed by atoms with Crippen LogP contribution in [0.1, 0.15) is 34.5 Å². The molecule has 0 spiro atoms. The third-order valence-electron chi connectivity index (χ3n) is 4.68. The molecule has 0 saturated carbocycles. The second kappa shape index (κ2) is 7.47. The van der Waals surface area contributed by atoms with E-state index in [1.807, 2.05) is 66.1 Å². The molecule has 2 amide bonds. The summed E-state index contributed by atoms with van der Waals surface area (Å²) in [6.45, 7) is 6.14. The molecular weight excluding hydrogens is 314 g/mol. The fraction of sp³-hybridized carbons (Fsp3) is 0.350. The predicted octanol–water partition coefficient (Wildman–Crippen LogP) is 2.48. The Bertz CT molecular complexity index is 735. The van der Waals surface area contributed by atoms with Gasteiger partial charge in [0, 0.05) is 37.9 Å². The average Bonchev–Trinajstić information content (AvgIpc) is 2.67. The van der Waals surface area contributed by atoms with Crippen LogP contribution in [-0.4, -0.2) is 52.8 Å². The van der Waals surface area contributed by atoms with Crippen LogP contribution in [0.3, 0.4) is 0 Å². The molecule has 1 saturated heterocycles. The van der Waals surface area contributed by atoms with E-state index in [1.54, 1.807) is 6.20 Å². The Hall–Kier alpha value is -2.69. The number of piperazine rings is 1. The number of hydrogen-bond donors (Lipinski definition) is 0. The van der Waals surface area contributed by atoms with E-state index in [9.17, 15) is 9.59 Å². The number of rotatable bonds is 3. The van der Waals surface area contributed by atoms with Crippen LogP contribution in [0.15, 0.2) is 48.7 Å². The molecule has 1 aliphatic rings. The number of pyridine rings is 1. The molecule has 1 aromatic heterocycles. The molecule has 130 valence electrons. The van der Waals surface area contributed by atoms with Crippen molar-refractivity contribution in [3.8, 4) is 0 Å². The molecule has 5 nitrogen and oxygen atoms in total. The molecule has 2 heterocycles. The third-order valence-corrected chi connectivity index (χ3v) is 4.68. The monoisotopic (exact) mass is 337 g/mol. The quantitative estimate of drug-likeness (QED) is 0.865. The number of nitrogens with zero attached hydrogens (tertiary/aromatic N) is 3. The predicted molar refractivity (Wildman–Crippen MR) is 96.3 cm³/mol. The lowest BCUT2D eigenvalue weighted by Crippen LogP contribution is -2.51. The van der Waals surface area contributed by atoms with Crippen LogP contribution in [0, 0.1) is 6.92 Å². The van der Waals surface area contributed by atoms with Gasteiger partial charge in [-0.2, -0.15) is 0 Å². The highest BCUT2D eigenvalue weighted by Crippen LogP contribution is 2.17. The molecule has 25 heavy (non-hydrogen) atoms. The minimum absolute atomic E-state index is 0.0323. The van der Waals surface area contributed by atoms with Crippen molar-refractivity contribution in [1.29, 1.82) is 0 Å². The van der Waals surface area contributed by atoms with Gasteiger partial charge in [0.25, 0.3) is 5.91 Å². The molecule has 1 aliphatic heterocycles. The maximum atomic E-state index is 12.7. The maximum absolute atomic E-state index is 12.7. The molecule has 0 radical (unpaired) electrons. The van der Waals surface area contributed by atoms with E-state index in [-0.39, 0.29) is 17.7 Å². The van der Waals surface area contributed by atoms with Gasteiger partial charge in [-0.15, -0.1) is 0 Å². The van der Waals surface area contributed by atoms with Crippen LogP contribution in [0.5, 0.6) is 0 Å². The van der Waals surface area contributed by atoms with Crippen molar-refractivity contribution in [1.82, 2.24) is 14.8 Å². The highest BCUT2D eigenvalue weighted by molar-refractivity contribution is 5.94. The highest BCUT2D eigenvalue weighted by atomic mass is 16.2. The summed E-state index contributed by atoms with van der Waals surface area (Å²) in [4.78, 5) is 33.1. The summed E-state index contributed by atoms with van der Waals surface area (Å²) in [5.41, 5.74) is 2.62. The second-order valence-corrected chi connectivity index (χ2v) is 6.46. The summed E-state index contributed by atoms with van der Waals surface area (Å²) >= 11 is 0. The van der Waals surface area contributed by atoms with Crippen molar-refractivity contribution in [2.75, 3.05) is 26.2 Å². The second-order valence-electron chi connectivity index (χ2n) is 6.46. The van der Waals surface area contributed by atoms with Gasteiger partial charge in [0.2, 0.25) is 5.91 Å². The number of hydrogen-bond acceptors (Lipinski definition) is 3. The zero-order valence-electron chi connectivity index (χ0n) is 14.7. The molecule has 1 unspecified atom stereocenters. The summed E-state index contributed by atoms with van der Waals surface area (Å²) in [5, 5.41) is 0. The number of benzene rings is 1. The average molecular weight is 337 g/mol. The van der Waals surface area contributed by atoms with Gasteiger partial charge in [0.1, 0.15) is 0 Å². The van der Waals surface area contributed by atoms with E-state index in [2.05, 4.69) is 4.98 Å². The molecule has 5 heteroatoms. The zero-order chi connectivity index (χ0) is 17.8. The molecule has 1 atom stereocenters. The van der Waals surface area contributed by atoms with Gasteiger partial charge < -0.3 is 9.80 Å². The highest BCUT2D eigenvalue weighted by Gasteiger charge is 2.28. The Balaban J connectivity index is 1.59. The lowest BCUT2D eigenvalue weighted by Gasteiger charge is -2.36. The molecule has 0 bridgehead atoms. The van der Waals surface area contributed by atoms with E-state index < -0.39 is 0 Å². The van der Waals surface area contributed by atoms with Crippen LogP contribution >= 0.6 is 0 Å². The van der Waals surface area contributed by atoms with E-state index in [4.69, 9.17) is 0 Å². The lowest BCUT2D eigenvalue weighted by molar-refractivity contribution is -0.134. The Morgan fingerprint density at radius 3 is 2.20 bits per heavy atom. The maximum Gasteiger partial charge on any atom is 0.253 e. The first-order chi connectivity index (χ1) is 12.1. The van der Waals surface area contributed by atoms with Gasteiger partial charge in [-0.05, 0) is 38.1 Å². The van der Waals surface area contributed by atoms with Crippen molar-refractivity contribution < 1.29 is 9.59 Å². The van der Waals surface area contributed by atoms with Crippen molar-refractivity contribution in [3.63, 3.8) is 0 Å². The standard InChI is InChI=1S/C20H23N3O2/c1-15-6-8-17(9-7-15)20(25)23-13-11-22(12-14-23)19(24)16(2)18-5-3-4-10-21-18/h3-10,16H,11-14H2,1-2H3. The summed E-state index contributed by atoms with van der Waals surface area (Å²) in [5.74, 6) is -0.161. The Kier molecular flexibility index (Phi) is 5.12. The topological polar surface area (TPSA) is 53.5 Å². The summed E-state index contributed by atoms with van der Waals surface area (Å²) in [6.07, 6.45) is 1.71. The van der Waals surface area contributed by atoms with E-state index in [1.165, 1.54) is 0 Å². The van der Waals surface area contributed by atoms with Crippen LogP contribution in [-0.2, 0) is 4.79 Å². The normalized spacial score (nSPS) is 15.8. The van der Waals surface area contributed by atoms with Crippen LogP contribution < -0.4 is 0 Å². The van der Waals surface area contributed by atoms with Gasteiger partial charge >= 0.3 is 0 Å². The SMILES string of the molecule is Cc1ccc(C(=O)N2CCN(C(=O)C(C)c3ccccn3)CC2)cc1. The first kappa shape index (κ1) is 17.1. The third kappa shape index (κ3) is 3.87. The Morgan fingerprint density at radius 2 is 1.60 bits per heavy atom. The lowest BCUT2D eigenvalue weighted by atomic mass is 10.0. The molecule has 3 rings (SSSR count). The molecule has 1 fully saturated rings. The van der Waals surface area contributed by atoms with Crippen molar-refractivity contribution in [2.45, 2.75) is 19.8 Å². The van der Waals surface area contributed by atoms with E-state index >= 15 is 0 Å². The largest absolute Gasteiger partial charge is 0.339 e. The number of carbonyl (C=O) groups is 2. The first-order valence-corrected chi connectivity index (χ1v) is 8.62. The first-order valence-electron chi connectivity index (χ1n) is 8.62. The van der Waals surface area contributed by atoms with Crippen LogP contribution in [0.4, 0.5) is 0 Å². The Labute approximate surface area is 148 Å². The number of aromatic nitrogens is 1. The van der Waals surface area contributed by atoms with Crippen molar-refractivity contribution in [3.05, 3.63) is 65.5 Å². The smallest absolute Gasteiger partial charge is 0.253 e. The van der Waals surface area contributed by atoms with Crippen LogP contribution in [0.2, 0.25) is 0 Å². The van der Waals surface area contributed by atoms with Crippen LogP contribution in [0.25, 0.3) is 0 Å². The minimum Gasteiger partial charge on any atom is -0.339 e. The molecular formula is C20H23N3O2. The van der Waals surface area contributed by atoms with Gasteiger partial charge in [-0.1, -0.05) is 23.8 Å². The molecule has 0 aliphatic carbocycles. The summed E-state index contributed by atoms with van der Waals surface area (Å²) in [7, 11) is 0. The van der Waals surface area contributed by atoms with E-state index in [0.717, 1.165) is 11.3 Å². The number of amides is 2. The fourth-order valence-corrected chi connectivity index (χ4v) is 3.04. The fourth-order valence-electron chi connectivity index (χ4n) is 3.04. The van der Waals surface area contributed by atoms with Crippen molar-refractivity contribution >= 4 is 11.8 Å².